The lowest BCUT2D eigenvalue weighted by Gasteiger charge is -2.08. The summed E-state index contributed by atoms with van der Waals surface area (Å²) in [6, 6.07) is 5.43. The number of hydrogen-bond donors (Lipinski definition) is 2. The van der Waals surface area contributed by atoms with E-state index in [2.05, 4.69) is 9.71 Å². The number of amidine groups is 1. The van der Waals surface area contributed by atoms with E-state index in [0.717, 1.165) is 0 Å². The third-order valence-corrected chi connectivity index (χ3v) is 4.87. The van der Waals surface area contributed by atoms with Gasteiger partial charge in [0.1, 0.15) is 5.84 Å². The van der Waals surface area contributed by atoms with Crippen molar-refractivity contribution in [2.45, 2.75) is 17.4 Å². The number of carboxylic acids is 1. The van der Waals surface area contributed by atoms with Gasteiger partial charge >= 0.3 is 5.97 Å². The highest BCUT2D eigenvalue weighted by atomic mass is 32.2. The van der Waals surface area contributed by atoms with Gasteiger partial charge < -0.3 is 5.11 Å². The maximum atomic E-state index is 11.9. The Hall–Kier alpha value is -1.54. The molecule has 0 radical (unpaired) electrons. The number of benzene rings is 1. The molecule has 1 aliphatic heterocycles. The van der Waals surface area contributed by atoms with Crippen molar-refractivity contribution in [1.82, 2.24) is 4.72 Å². The molecule has 1 aromatic carbocycles. The maximum Gasteiger partial charge on any atom is 0.328 e. The highest BCUT2D eigenvalue weighted by molar-refractivity contribution is 7.98. The van der Waals surface area contributed by atoms with Crippen LogP contribution in [0.2, 0.25) is 0 Å². The fraction of sp³-hybridized carbons (Fsp3) is 0.333. The molecule has 1 heterocycles. The number of rotatable bonds is 5. The second-order valence-electron chi connectivity index (χ2n) is 4.21. The number of aliphatic carboxylic acids is 1. The van der Waals surface area contributed by atoms with Crippen LogP contribution in [0.15, 0.2) is 34.2 Å². The molecular weight excluding hydrogens is 300 g/mol. The van der Waals surface area contributed by atoms with Crippen molar-refractivity contribution >= 4 is 33.6 Å². The lowest BCUT2D eigenvalue weighted by Crippen LogP contribution is -2.27. The Balaban J connectivity index is 2.38. The number of carbonyl (C=O) groups is 1. The molecular formula is C12H14N2O4S2. The molecule has 1 aliphatic rings. The van der Waals surface area contributed by atoms with Crippen molar-refractivity contribution in [3.8, 4) is 0 Å². The zero-order valence-electron chi connectivity index (χ0n) is 10.7. The van der Waals surface area contributed by atoms with Gasteiger partial charge in [0, 0.05) is 5.56 Å². The van der Waals surface area contributed by atoms with Crippen LogP contribution >= 0.6 is 11.8 Å². The Morgan fingerprint density at radius 2 is 2.15 bits per heavy atom. The van der Waals surface area contributed by atoms with Gasteiger partial charge in [-0.25, -0.2) is 13.2 Å². The molecule has 0 spiro atoms. The molecule has 0 amide bonds. The molecule has 2 N–H and O–H groups in total. The number of thioether (sulfide) groups is 1. The highest BCUT2D eigenvalue weighted by Gasteiger charge is 2.31. The first kappa shape index (κ1) is 14.9. The Morgan fingerprint density at radius 1 is 1.45 bits per heavy atom. The summed E-state index contributed by atoms with van der Waals surface area (Å²) < 4.78 is 26.1. The van der Waals surface area contributed by atoms with Crippen molar-refractivity contribution in [3.63, 3.8) is 0 Å². The number of aliphatic imine (C=N–C) groups is 1. The predicted octanol–water partition coefficient (Wildman–Crippen LogP) is 0.931. The summed E-state index contributed by atoms with van der Waals surface area (Å²) >= 11 is 1.52. The highest BCUT2D eigenvalue weighted by Crippen LogP contribution is 2.23. The van der Waals surface area contributed by atoms with Gasteiger partial charge in [-0.1, -0.05) is 12.1 Å². The Bertz CT molecular complexity index is 655. The van der Waals surface area contributed by atoms with E-state index in [0.29, 0.717) is 17.7 Å². The van der Waals surface area contributed by atoms with E-state index in [4.69, 9.17) is 5.11 Å². The number of nitrogens with one attached hydrogen (secondary N) is 1. The van der Waals surface area contributed by atoms with Crippen molar-refractivity contribution in [3.05, 3.63) is 29.8 Å². The van der Waals surface area contributed by atoms with E-state index in [1.165, 1.54) is 17.8 Å². The topological polar surface area (TPSA) is 95.8 Å². The van der Waals surface area contributed by atoms with Gasteiger partial charge in [0.15, 0.2) is 6.04 Å². The van der Waals surface area contributed by atoms with Crippen LogP contribution in [0.1, 0.15) is 12.0 Å². The second-order valence-corrected chi connectivity index (χ2v) is 6.85. The fourth-order valence-corrected chi connectivity index (χ4v) is 3.56. The molecule has 0 saturated heterocycles. The third kappa shape index (κ3) is 2.96. The largest absolute Gasteiger partial charge is 0.480 e. The minimum Gasteiger partial charge on any atom is -0.480 e. The van der Waals surface area contributed by atoms with Crippen LogP contribution < -0.4 is 4.72 Å². The van der Waals surface area contributed by atoms with Gasteiger partial charge in [0.2, 0.25) is 0 Å². The van der Waals surface area contributed by atoms with E-state index in [9.17, 15) is 13.2 Å². The Labute approximate surface area is 121 Å². The molecule has 108 valence electrons. The van der Waals surface area contributed by atoms with Crippen LogP contribution in [-0.2, 0) is 14.8 Å². The summed E-state index contributed by atoms with van der Waals surface area (Å²) in [6.45, 7) is 0. The normalized spacial score (nSPS) is 19.4. The summed E-state index contributed by atoms with van der Waals surface area (Å²) in [7, 11) is -3.63. The predicted molar refractivity (Wildman–Crippen MR) is 77.7 cm³/mol. The van der Waals surface area contributed by atoms with Crippen molar-refractivity contribution in [1.29, 1.82) is 0 Å². The van der Waals surface area contributed by atoms with Crippen LogP contribution in [0, 0.1) is 0 Å². The van der Waals surface area contributed by atoms with E-state index in [1.807, 2.05) is 6.26 Å². The zero-order valence-corrected chi connectivity index (χ0v) is 12.4. The molecule has 0 fully saturated rings. The number of nitrogens with zero attached hydrogens (tertiary/aromatic N) is 1. The van der Waals surface area contributed by atoms with Crippen LogP contribution in [0.4, 0.5) is 0 Å². The number of fused-ring (bicyclic) bond motifs is 1. The monoisotopic (exact) mass is 314 g/mol. The Morgan fingerprint density at radius 3 is 2.80 bits per heavy atom. The van der Waals surface area contributed by atoms with Crippen molar-refractivity contribution in [2.75, 3.05) is 12.0 Å². The van der Waals surface area contributed by atoms with Gasteiger partial charge in [-0.15, -0.1) is 0 Å². The van der Waals surface area contributed by atoms with Gasteiger partial charge in [-0.3, -0.25) is 9.71 Å². The van der Waals surface area contributed by atoms with Crippen LogP contribution in [0.25, 0.3) is 0 Å². The summed E-state index contributed by atoms with van der Waals surface area (Å²) in [5.41, 5.74) is 0.419. The van der Waals surface area contributed by atoms with E-state index < -0.39 is 22.0 Å². The molecule has 0 saturated carbocycles. The summed E-state index contributed by atoms with van der Waals surface area (Å²) in [5.74, 6) is -0.313. The molecule has 2 rings (SSSR count). The summed E-state index contributed by atoms with van der Waals surface area (Å²) in [6.07, 6.45) is 2.23. The average Bonchev–Trinajstić information content (AvgIpc) is 2.66. The van der Waals surface area contributed by atoms with Crippen LogP contribution in [0.5, 0.6) is 0 Å². The molecule has 0 aliphatic carbocycles. The average molecular weight is 314 g/mol. The number of sulfonamides is 1. The molecule has 20 heavy (non-hydrogen) atoms. The Kier molecular flexibility index (Phi) is 4.34. The van der Waals surface area contributed by atoms with Crippen LogP contribution in [-0.4, -0.2) is 43.4 Å². The quantitative estimate of drug-likeness (QED) is 0.843. The SMILES string of the molecule is CSCC[C@@H](N=C1NS(=O)(=O)c2ccccc21)C(=O)O. The van der Waals surface area contributed by atoms with E-state index in [-0.39, 0.29) is 10.7 Å². The van der Waals surface area contributed by atoms with Gasteiger partial charge in [-0.05, 0) is 30.6 Å². The second kappa shape index (κ2) is 5.84. The summed E-state index contributed by atoms with van der Waals surface area (Å²) in [4.78, 5) is 15.4. The maximum absolute atomic E-state index is 11.9. The summed E-state index contributed by atoms with van der Waals surface area (Å²) in [5, 5.41) is 9.14. The minimum atomic E-state index is -3.63. The van der Waals surface area contributed by atoms with Gasteiger partial charge in [0.05, 0.1) is 4.90 Å². The zero-order chi connectivity index (χ0) is 14.8. The molecule has 6 nitrogen and oxygen atoms in total. The molecule has 0 unspecified atom stereocenters. The standard InChI is InChI=1S/C12H14N2O4S2/c1-19-7-6-9(12(15)16)13-11-8-4-2-3-5-10(8)20(17,18)14-11/h2-5,9H,6-7H2,1H3,(H,13,14)(H,15,16)/t9-/m1/s1. The minimum absolute atomic E-state index is 0.106. The third-order valence-electron chi connectivity index (χ3n) is 2.83. The first-order chi connectivity index (χ1) is 9.45. The van der Waals surface area contributed by atoms with Crippen molar-refractivity contribution in [2.24, 2.45) is 4.99 Å². The molecule has 0 aromatic heterocycles. The molecule has 1 atom stereocenters. The lowest BCUT2D eigenvalue weighted by molar-refractivity contribution is -0.138. The van der Waals surface area contributed by atoms with E-state index in [1.54, 1.807) is 18.2 Å². The first-order valence-corrected chi connectivity index (χ1v) is 8.75. The molecule has 8 heteroatoms. The lowest BCUT2D eigenvalue weighted by atomic mass is 10.2. The number of hydrogen-bond acceptors (Lipinski definition) is 5. The number of carboxylic acid groups (broad SMARTS) is 1. The van der Waals surface area contributed by atoms with Crippen LogP contribution in [0.3, 0.4) is 0 Å². The fourth-order valence-electron chi connectivity index (χ4n) is 1.86. The molecule has 1 aromatic rings. The van der Waals surface area contributed by atoms with E-state index >= 15 is 0 Å². The first-order valence-electron chi connectivity index (χ1n) is 5.87. The molecule has 0 bridgehead atoms. The van der Waals surface area contributed by atoms with Gasteiger partial charge in [-0.2, -0.15) is 11.8 Å². The van der Waals surface area contributed by atoms with Gasteiger partial charge in [0.25, 0.3) is 10.0 Å². The smallest absolute Gasteiger partial charge is 0.328 e. The van der Waals surface area contributed by atoms with Crippen molar-refractivity contribution < 1.29 is 18.3 Å².